The number of aliphatic carboxylic acids is 1. The number of carboxylic acid groups (broad SMARTS) is 1. The zero-order chi connectivity index (χ0) is 16.8. The minimum absolute atomic E-state index is 0.0436. The van der Waals surface area contributed by atoms with Crippen LogP contribution in [0.5, 0.6) is 0 Å². The van der Waals surface area contributed by atoms with Gasteiger partial charge in [0, 0.05) is 24.4 Å². The van der Waals surface area contributed by atoms with Crippen LogP contribution in [0.25, 0.3) is 0 Å². The summed E-state index contributed by atoms with van der Waals surface area (Å²) in [7, 11) is 0. The molecular weight excluding hydrogens is 322 g/mol. The second kappa shape index (κ2) is 7.58. The summed E-state index contributed by atoms with van der Waals surface area (Å²) < 4.78 is 0. The lowest BCUT2D eigenvalue weighted by molar-refractivity contribution is -0.139. The van der Waals surface area contributed by atoms with Gasteiger partial charge in [-0.1, -0.05) is 0 Å². The first-order chi connectivity index (χ1) is 11.0. The number of rotatable bonds is 7. The molecule has 0 radical (unpaired) electrons. The second-order valence-corrected chi connectivity index (χ2v) is 5.52. The Hall–Kier alpha value is -2.62. The van der Waals surface area contributed by atoms with Crippen molar-refractivity contribution >= 4 is 23.6 Å². The van der Waals surface area contributed by atoms with Gasteiger partial charge in [0.05, 0.1) is 12.1 Å². The molecule has 0 spiro atoms. The number of nitrogens with zero attached hydrogens (tertiary/aromatic N) is 2. The summed E-state index contributed by atoms with van der Waals surface area (Å²) in [6.07, 6.45) is 4.77. The first kappa shape index (κ1) is 16.7. The van der Waals surface area contributed by atoms with E-state index in [2.05, 4.69) is 25.3 Å². The maximum atomic E-state index is 12.2. The van der Waals surface area contributed by atoms with Crippen molar-refractivity contribution < 1.29 is 14.7 Å². The molecule has 0 aromatic carbocycles. The van der Waals surface area contributed by atoms with Crippen LogP contribution in [0.2, 0.25) is 0 Å². The highest BCUT2D eigenvalue weighted by Crippen LogP contribution is 2.04. The van der Waals surface area contributed by atoms with Gasteiger partial charge < -0.3 is 20.4 Å². The Kier molecular flexibility index (Phi) is 5.52. The first-order valence-corrected chi connectivity index (χ1v) is 7.99. The molecule has 2 aromatic rings. The van der Waals surface area contributed by atoms with Crippen molar-refractivity contribution in [2.45, 2.75) is 18.2 Å². The molecular formula is C13H15N5O4S. The van der Waals surface area contributed by atoms with Gasteiger partial charge in [0.2, 0.25) is 0 Å². The van der Waals surface area contributed by atoms with E-state index < -0.39 is 23.5 Å². The van der Waals surface area contributed by atoms with Gasteiger partial charge in [0.15, 0.2) is 0 Å². The van der Waals surface area contributed by atoms with Gasteiger partial charge in [0.1, 0.15) is 17.6 Å². The van der Waals surface area contributed by atoms with Crippen molar-refractivity contribution in [2.24, 2.45) is 0 Å². The number of H-pyrrole nitrogens is 2. The molecule has 0 bridgehead atoms. The summed E-state index contributed by atoms with van der Waals surface area (Å²) in [6.45, 7) is 0. The third kappa shape index (κ3) is 4.68. The summed E-state index contributed by atoms with van der Waals surface area (Å²) >= 11 is 1.44. The molecule has 1 unspecified atom stereocenters. The maximum absolute atomic E-state index is 12.2. The minimum atomic E-state index is -1.19. The zero-order valence-corrected chi connectivity index (χ0v) is 13.0. The largest absolute Gasteiger partial charge is 0.480 e. The molecule has 23 heavy (non-hydrogen) atoms. The van der Waals surface area contributed by atoms with E-state index in [1.165, 1.54) is 24.3 Å². The normalized spacial score (nSPS) is 11.9. The third-order valence-corrected chi connectivity index (χ3v) is 3.45. The van der Waals surface area contributed by atoms with Crippen LogP contribution < -0.4 is 10.9 Å². The van der Waals surface area contributed by atoms with E-state index in [-0.39, 0.29) is 12.1 Å². The number of amides is 1. The molecule has 10 heteroatoms. The van der Waals surface area contributed by atoms with Crippen LogP contribution in [0, 0.1) is 0 Å². The number of nitrogens with one attached hydrogen (secondary N) is 3. The van der Waals surface area contributed by atoms with Crippen LogP contribution in [-0.2, 0) is 17.0 Å². The van der Waals surface area contributed by atoms with Crippen LogP contribution in [0.15, 0.2) is 23.4 Å². The van der Waals surface area contributed by atoms with E-state index in [1.807, 2.05) is 6.26 Å². The number of carboxylic acids is 1. The monoisotopic (exact) mass is 337 g/mol. The van der Waals surface area contributed by atoms with Crippen LogP contribution >= 0.6 is 11.8 Å². The molecule has 1 atom stereocenters. The average molecular weight is 337 g/mol. The number of carbonyl (C=O) groups is 2. The Bertz CT molecular complexity index is 743. The Morgan fingerprint density at radius 2 is 2.26 bits per heavy atom. The van der Waals surface area contributed by atoms with Gasteiger partial charge in [-0.15, -0.1) is 0 Å². The molecule has 9 nitrogen and oxygen atoms in total. The molecule has 122 valence electrons. The topological polar surface area (TPSA) is 141 Å². The number of aromatic amines is 2. The standard InChI is InChI=1S/C13H15N5O4S/c1-23-5-10-16-8(3-11(19)18-10)12(20)17-9(13(21)22)2-7-4-14-6-15-7/h3-4,6,9H,2,5H2,1H3,(H,14,15)(H,17,20)(H,21,22)(H,16,18,19). The molecule has 1 amide bonds. The summed E-state index contributed by atoms with van der Waals surface area (Å²) in [5.74, 6) is -1.12. The molecule has 2 rings (SSSR count). The fourth-order valence-electron chi connectivity index (χ4n) is 1.88. The van der Waals surface area contributed by atoms with Gasteiger partial charge in [0.25, 0.3) is 11.5 Å². The molecule has 2 aromatic heterocycles. The smallest absolute Gasteiger partial charge is 0.326 e. The molecule has 0 aliphatic carbocycles. The highest BCUT2D eigenvalue weighted by molar-refractivity contribution is 7.97. The highest BCUT2D eigenvalue weighted by Gasteiger charge is 2.22. The Morgan fingerprint density at radius 1 is 1.48 bits per heavy atom. The highest BCUT2D eigenvalue weighted by atomic mass is 32.2. The predicted octanol–water partition coefficient (Wildman–Crippen LogP) is -0.218. The number of thioether (sulfide) groups is 1. The lowest BCUT2D eigenvalue weighted by atomic mass is 10.1. The van der Waals surface area contributed by atoms with Gasteiger partial charge in [-0.25, -0.2) is 14.8 Å². The van der Waals surface area contributed by atoms with E-state index in [0.717, 1.165) is 6.07 Å². The van der Waals surface area contributed by atoms with Crippen LogP contribution in [-0.4, -0.2) is 49.2 Å². The first-order valence-electron chi connectivity index (χ1n) is 6.59. The average Bonchev–Trinajstić information content (AvgIpc) is 2.99. The molecule has 0 aliphatic rings. The maximum Gasteiger partial charge on any atom is 0.326 e. The van der Waals surface area contributed by atoms with Gasteiger partial charge in [-0.3, -0.25) is 9.59 Å². The van der Waals surface area contributed by atoms with Crippen molar-refractivity contribution in [1.29, 1.82) is 0 Å². The van der Waals surface area contributed by atoms with E-state index in [4.69, 9.17) is 0 Å². The van der Waals surface area contributed by atoms with E-state index in [1.54, 1.807) is 0 Å². The number of carbonyl (C=O) groups excluding carboxylic acids is 1. The zero-order valence-electron chi connectivity index (χ0n) is 12.2. The van der Waals surface area contributed by atoms with Crippen molar-refractivity contribution in [3.63, 3.8) is 0 Å². The van der Waals surface area contributed by atoms with E-state index in [9.17, 15) is 19.5 Å². The van der Waals surface area contributed by atoms with Crippen LogP contribution in [0.4, 0.5) is 0 Å². The number of aromatic nitrogens is 4. The summed E-state index contributed by atoms with van der Waals surface area (Å²) in [5.41, 5.74) is -0.0112. The van der Waals surface area contributed by atoms with Crippen LogP contribution in [0.3, 0.4) is 0 Å². The summed E-state index contributed by atoms with van der Waals surface area (Å²) in [4.78, 5) is 48.1. The minimum Gasteiger partial charge on any atom is -0.480 e. The lowest BCUT2D eigenvalue weighted by Gasteiger charge is -2.13. The summed E-state index contributed by atoms with van der Waals surface area (Å²) in [6, 6.07) is -0.123. The van der Waals surface area contributed by atoms with Gasteiger partial charge in [-0.05, 0) is 6.26 Å². The lowest BCUT2D eigenvalue weighted by Crippen LogP contribution is -2.43. The van der Waals surface area contributed by atoms with Crippen molar-refractivity contribution in [2.75, 3.05) is 6.26 Å². The summed E-state index contributed by atoms with van der Waals surface area (Å²) in [5, 5.41) is 11.6. The molecule has 0 saturated heterocycles. The van der Waals surface area contributed by atoms with Crippen LogP contribution in [0.1, 0.15) is 22.0 Å². The van der Waals surface area contributed by atoms with Crippen molar-refractivity contribution in [1.82, 2.24) is 25.3 Å². The third-order valence-electron chi connectivity index (χ3n) is 2.89. The van der Waals surface area contributed by atoms with E-state index in [0.29, 0.717) is 17.3 Å². The Balaban J connectivity index is 2.15. The molecule has 0 aliphatic heterocycles. The van der Waals surface area contributed by atoms with Gasteiger partial charge >= 0.3 is 5.97 Å². The fourth-order valence-corrected chi connectivity index (χ4v) is 2.29. The Morgan fingerprint density at radius 3 is 2.87 bits per heavy atom. The van der Waals surface area contributed by atoms with Crippen molar-refractivity contribution in [3.8, 4) is 0 Å². The van der Waals surface area contributed by atoms with E-state index >= 15 is 0 Å². The Labute approximate surface area is 134 Å². The number of imidazole rings is 1. The second-order valence-electron chi connectivity index (χ2n) is 4.66. The predicted molar refractivity (Wildman–Crippen MR) is 83.3 cm³/mol. The van der Waals surface area contributed by atoms with Crippen molar-refractivity contribution in [3.05, 3.63) is 46.2 Å². The van der Waals surface area contributed by atoms with Gasteiger partial charge in [-0.2, -0.15) is 11.8 Å². The SMILES string of the molecule is CSCc1nc(C(=O)NC(Cc2cnc[nH]2)C(=O)O)cc(=O)[nH]1. The fraction of sp³-hybridized carbons (Fsp3) is 0.308. The number of hydrogen-bond donors (Lipinski definition) is 4. The molecule has 0 saturated carbocycles. The quantitative estimate of drug-likeness (QED) is 0.547. The molecule has 2 heterocycles. The number of hydrogen-bond acceptors (Lipinski definition) is 6. The molecule has 4 N–H and O–H groups in total. The molecule has 0 fully saturated rings.